The second-order valence-electron chi connectivity index (χ2n) is 7.28. The average molecular weight is 443 g/mol. The third-order valence-electron chi connectivity index (χ3n) is 5.23. The first-order chi connectivity index (χ1) is 15.6. The molecule has 2 aromatic carbocycles. The molecule has 3 rings (SSSR count). The van der Waals surface area contributed by atoms with Gasteiger partial charge in [-0.1, -0.05) is 12.1 Å². The molecular weight excluding hydrogens is 408 g/mol. The Morgan fingerprint density at radius 1 is 0.750 bits per heavy atom. The molecule has 32 heavy (non-hydrogen) atoms. The Morgan fingerprint density at radius 3 is 1.84 bits per heavy atom. The minimum Gasteiger partial charge on any atom is -0.492 e. The molecule has 1 aliphatic rings. The van der Waals surface area contributed by atoms with Crippen LogP contribution in [0.3, 0.4) is 0 Å². The second kappa shape index (κ2) is 11.5. The van der Waals surface area contributed by atoms with Gasteiger partial charge >= 0.3 is 0 Å². The van der Waals surface area contributed by atoms with E-state index in [9.17, 15) is 4.79 Å². The van der Waals surface area contributed by atoms with Crippen molar-refractivity contribution >= 4 is 11.6 Å². The fraction of sp³-hybridized carbons (Fsp3) is 0.480. The van der Waals surface area contributed by atoms with E-state index in [1.807, 2.05) is 50.8 Å². The van der Waals surface area contributed by atoms with E-state index >= 15 is 0 Å². The van der Waals surface area contributed by atoms with Crippen molar-refractivity contribution in [1.82, 2.24) is 4.90 Å². The average Bonchev–Trinajstić information content (AvgIpc) is 2.81. The topological polar surface area (TPSA) is 60.5 Å². The Labute approximate surface area is 190 Å². The lowest BCUT2D eigenvalue weighted by Gasteiger charge is -2.36. The maximum Gasteiger partial charge on any atom is 0.254 e. The number of hydrogen-bond acceptors (Lipinski definition) is 6. The Kier molecular flexibility index (Phi) is 8.48. The van der Waals surface area contributed by atoms with Gasteiger partial charge in [0.25, 0.3) is 5.91 Å². The van der Waals surface area contributed by atoms with Gasteiger partial charge in [-0.2, -0.15) is 0 Å². The smallest absolute Gasteiger partial charge is 0.254 e. The van der Waals surface area contributed by atoms with Gasteiger partial charge in [0.05, 0.1) is 32.1 Å². The maximum atomic E-state index is 13.3. The normalized spacial score (nSPS) is 13.6. The van der Waals surface area contributed by atoms with E-state index in [1.165, 1.54) is 0 Å². The fourth-order valence-corrected chi connectivity index (χ4v) is 3.84. The Balaban J connectivity index is 1.77. The van der Waals surface area contributed by atoms with Crippen LogP contribution in [-0.2, 0) is 0 Å². The first kappa shape index (κ1) is 23.6. The van der Waals surface area contributed by atoms with Crippen molar-refractivity contribution in [2.75, 3.05) is 57.5 Å². The van der Waals surface area contributed by atoms with Crippen molar-refractivity contribution in [3.63, 3.8) is 0 Å². The van der Waals surface area contributed by atoms with Gasteiger partial charge < -0.3 is 28.7 Å². The quantitative estimate of drug-likeness (QED) is 0.548. The van der Waals surface area contributed by atoms with Crippen LogP contribution < -0.4 is 23.8 Å². The summed E-state index contributed by atoms with van der Waals surface area (Å²) in [4.78, 5) is 17.5. The van der Waals surface area contributed by atoms with Gasteiger partial charge in [0, 0.05) is 31.7 Å². The highest BCUT2D eigenvalue weighted by atomic mass is 16.5. The lowest BCUT2D eigenvalue weighted by Crippen LogP contribution is -2.48. The maximum absolute atomic E-state index is 13.3. The highest BCUT2D eigenvalue weighted by Gasteiger charge is 2.26. The summed E-state index contributed by atoms with van der Waals surface area (Å²) in [6.45, 7) is 12.5. The van der Waals surface area contributed by atoms with E-state index < -0.39 is 0 Å². The van der Waals surface area contributed by atoms with Crippen molar-refractivity contribution in [3.8, 4) is 23.0 Å². The molecular formula is C25H34N2O5. The molecule has 1 aliphatic heterocycles. The number of rotatable bonds is 10. The molecule has 7 nitrogen and oxygen atoms in total. The predicted molar refractivity (Wildman–Crippen MR) is 126 cm³/mol. The third kappa shape index (κ3) is 5.39. The first-order valence-corrected chi connectivity index (χ1v) is 11.4. The van der Waals surface area contributed by atoms with Gasteiger partial charge in [0.2, 0.25) is 5.75 Å². The van der Waals surface area contributed by atoms with Gasteiger partial charge in [-0.25, -0.2) is 0 Å². The summed E-state index contributed by atoms with van der Waals surface area (Å²) in [5, 5.41) is 0. The summed E-state index contributed by atoms with van der Waals surface area (Å²) in [5.74, 6) is 2.46. The van der Waals surface area contributed by atoms with Crippen LogP contribution in [-0.4, -0.2) is 63.4 Å². The number of anilines is 1. The SMILES string of the molecule is CCOc1ccccc1N1CCN(C(=O)c2cc(OCC)c(OCC)c(OCC)c2)CC1. The van der Waals surface area contributed by atoms with Crippen molar-refractivity contribution in [1.29, 1.82) is 0 Å². The van der Waals surface area contributed by atoms with Crippen LogP contribution in [0.4, 0.5) is 5.69 Å². The van der Waals surface area contributed by atoms with Gasteiger partial charge in [-0.05, 0) is 52.0 Å². The van der Waals surface area contributed by atoms with Crippen LogP contribution in [0.1, 0.15) is 38.1 Å². The van der Waals surface area contributed by atoms with Gasteiger partial charge in [-0.3, -0.25) is 4.79 Å². The molecule has 0 unspecified atom stereocenters. The van der Waals surface area contributed by atoms with Crippen LogP contribution in [0.5, 0.6) is 23.0 Å². The number of hydrogen-bond donors (Lipinski definition) is 0. The summed E-state index contributed by atoms with van der Waals surface area (Å²) in [7, 11) is 0. The summed E-state index contributed by atoms with van der Waals surface area (Å²) in [6.07, 6.45) is 0. The van der Waals surface area contributed by atoms with Crippen LogP contribution in [0.2, 0.25) is 0 Å². The Morgan fingerprint density at radius 2 is 1.28 bits per heavy atom. The van der Waals surface area contributed by atoms with Crippen LogP contribution >= 0.6 is 0 Å². The molecule has 0 saturated carbocycles. The number of para-hydroxylation sites is 2. The molecule has 0 N–H and O–H groups in total. The first-order valence-electron chi connectivity index (χ1n) is 11.4. The second-order valence-corrected chi connectivity index (χ2v) is 7.28. The molecule has 0 aliphatic carbocycles. The standard InChI is InChI=1S/C25H34N2O5/c1-5-29-21-12-10-9-11-20(21)26-13-15-27(16-14-26)25(28)19-17-22(30-6-2)24(32-8-4)23(18-19)31-7-3/h9-12,17-18H,5-8,13-16H2,1-4H3. The number of benzene rings is 2. The van der Waals surface area contributed by atoms with Gasteiger partial charge in [-0.15, -0.1) is 0 Å². The molecule has 1 heterocycles. The molecule has 0 bridgehead atoms. The minimum absolute atomic E-state index is 0.0345. The minimum atomic E-state index is -0.0345. The molecule has 7 heteroatoms. The summed E-state index contributed by atoms with van der Waals surface area (Å²) < 4.78 is 23.1. The van der Waals surface area contributed by atoms with E-state index in [-0.39, 0.29) is 5.91 Å². The zero-order chi connectivity index (χ0) is 22.9. The number of piperazine rings is 1. The molecule has 1 fully saturated rings. The van der Waals surface area contributed by atoms with E-state index in [0.717, 1.165) is 24.5 Å². The van der Waals surface area contributed by atoms with Crippen molar-refractivity contribution in [2.45, 2.75) is 27.7 Å². The summed E-state index contributed by atoms with van der Waals surface area (Å²) in [5.41, 5.74) is 1.61. The lowest BCUT2D eigenvalue weighted by molar-refractivity contribution is 0.0745. The summed E-state index contributed by atoms with van der Waals surface area (Å²) in [6, 6.07) is 11.6. The van der Waals surface area contributed by atoms with E-state index in [0.29, 0.717) is 62.3 Å². The molecule has 2 aromatic rings. The van der Waals surface area contributed by atoms with Gasteiger partial charge in [0.15, 0.2) is 11.5 Å². The molecule has 1 amide bonds. The molecule has 1 saturated heterocycles. The highest BCUT2D eigenvalue weighted by molar-refractivity contribution is 5.96. The van der Waals surface area contributed by atoms with Crippen LogP contribution in [0, 0.1) is 0 Å². The van der Waals surface area contributed by atoms with E-state index in [2.05, 4.69) is 11.0 Å². The molecule has 174 valence electrons. The molecule has 0 spiro atoms. The molecule has 0 atom stereocenters. The van der Waals surface area contributed by atoms with Crippen LogP contribution in [0.15, 0.2) is 36.4 Å². The van der Waals surface area contributed by atoms with E-state index in [1.54, 1.807) is 12.1 Å². The van der Waals surface area contributed by atoms with Crippen LogP contribution in [0.25, 0.3) is 0 Å². The number of amides is 1. The van der Waals surface area contributed by atoms with E-state index in [4.69, 9.17) is 18.9 Å². The zero-order valence-electron chi connectivity index (χ0n) is 19.6. The number of carbonyl (C=O) groups is 1. The molecule has 0 radical (unpaired) electrons. The Hall–Kier alpha value is -3.09. The van der Waals surface area contributed by atoms with Crippen molar-refractivity contribution < 1.29 is 23.7 Å². The number of nitrogens with zero attached hydrogens (tertiary/aromatic N) is 2. The number of carbonyl (C=O) groups excluding carboxylic acids is 1. The zero-order valence-corrected chi connectivity index (χ0v) is 19.6. The summed E-state index contributed by atoms with van der Waals surface area (Å²) >= 11 is 0. The predicted octanol–water partition coefficient (Wildman–Crippen LogP) is 4.24. The Bertz CT molecular complexity index is 867. The van der Waals surface area contributed by atoms with Crippen molar-refractivity contribution in [3.05, 3.63) is 42.0 Å². The monoisotopic (exact) mass is 442 g/mol. The third-order valence-corrected chi connectivity index (χ3v) is 5.23. The highest BCUT2D eigenvalue weighted by Crippen LogP contribution is 2.39. The van der Waals surface area contributed by atoms with Gasteiger partial charge in [0.1, 0.15) is 5.75 Å². The fourth-order valence-electron chi connectivity index (χ4n) is 3.84. The lowest BCUT2D eigenvalue weighted by atomic mass is 10.1. The van der Waals surface area contributed by atoms with Crippen molar-refractivity contribution in [2.24, 2.45) is 0 Å². The largest absolute Gasteiger partial charge is 0.492 e. The molecule has 0 aromatic heterocycles. The number of ether oxygens (including phenoxy) is 4.